The predicted octanol–water partition coefficient (Wildman–Crippen LogP) is 4.81. The van der Waals surface area contributed by atoms with Gasteiger partial charge >= 0.3 is 0 Å². The minimum Gasteiger partial charge on any atom is -0.357 e. The summed E-state index contributed by atoms with van der Waals surface area (Å²) < 4.78 is 13.9. The second-order valence-electron chi connectivity index (χ2n) is 7.31. The van der Waals surface area contributed by atoms with Gasteiger partial charge in [-0.05, 0) is 55.9 Å². The van der Waals surface area contributed by atoms with Crippen molar-refractivity contribution in [2.24, 2.45) is 0 Å². The highest BCUT2D eigenvalue weighted by Crippen LogP contribution is 2.36. The molecule has 0 saturated heterocycles. The van der Waals surface area contributed by atoms with Crippen LogP contribution >= 0.6 is 0 Å². The Kier molecular flexibility index (Phi) is 4.66. The summed E-state index contributed by atoms with van der Waals surface area (Å²) in [4.78, 5) is 14.2. The van der Waals surface area contributed by atoms with E-state index in [1.807, 2.05) is 12.1 Å². The van der Waals surface area contributed by atoms with E-state index in [4.69, 9.17) is 0 Å². The van der Waals surface area contributed by atoms with Gasteiger partial charge in [-0.3, -0.25) is 10.1 Å². The van der Waals surface area contributed by atoms with Gasteiger partial charge in [-0.25, -0.2) is 4.39 Å². The van der Waals surface area contributed by atoms with Gasteiger partial charge in [0, 0.05) is 40.8 Å². The van der Waals surface area contributed by atoms with Crippen LogP contribution in [-0.4, -0.2) is 15.9 Å². The van der Waals surface area contributed by atoms with Gasteiger partial charge in [-0.2, -0.15) is 0 Å². The van der Waals surface area contributed by atoms with Gasteiger partial charge in [-0.15, -0.1) is 0 Å². The number of nitro benzene ring substituents is 1. The van der Waals surface area contributed by atoms with Crippen molar-refractivity contribution in [1.82, 2.24) is 10.3 Å². The molecular weight excluding hydrogens is 345 g/mol. The van der Waals surface area contributed by atoms with Crippen LogP contribution in [0.4, 0.5) is 10.1 Å². The fourth-order valence-electron chi connectivity index (χ4n) is 4.13. The molecule has 3 aromatic rings. The summed E-state index contributed by atoms with van der Waals surface area (Å²) in [5, 5.41) is 15.7. The standard InChI is InChI=1S/C21H22FN3O2/c1-13(11-14-5-2-3-7-18(14)22)23-20-8-4-6-16-17-12-15(25(26)27)9-10-19(17)24-21(16)20/h2-3,5,7,9-10,12-13,20,23-24H,4,6,8,11H2,1H3. The van der Waals surface area contributed by atoms with Gasteiger partial charge in [0.15, 0.2) is 0 Å². The number of benzene rings is 2. The van der Waals surface area contributed by atoms with Crippen molar-refractivity contribution in [3.05, 3.63) is 75.2 Å². The molecule has 2 atom stereocenters. The molecule has 6 heteroatoms. The van der Waals surface area contributed by atoms with Crippen molar-refractivity contribution in [3.63, 3.8) is 0 Å². The average Bonchev–Trinajstić information content (AvgIpc) is 3.02. The monoisotopic (exact) mass is 367 g/mol. The Morgan fingerprint density at radius 1 is 1.33 bits per heavy atom. The number of hydrogen-bond donors (Lipinski definition) is 2. The van der Waals surface area contributed by atoms with E-state index in [0.717, 1.165) is 41.4 Å². The lowest BCUT2D eigenvalue weighted by Gasteiger charge is -2.27. The maximum absolute atomic E-state index is 13.9. The maximum atomic E-state index is 13.9. The highest BCUT2D eigenvalue weighted by atomic mass is 19.1. The number of aromatic amines is 1. The van der Waals surface area contributed by atoms with Gasteiger partial charge < -0.3 is 10.3 Å². The molecule has 1 heterocycles. The van der Waals surface area contributed by atoms with E-state index >= 15 is 0 Å². The molecule has 5 nitrogen and oxygen atoms in total. The van der Waals surface area contributed by atoms with Crippen LogP contribution in [0.2, 0.25) is 0 Å². The van der Waals surface area contributed by atoms with Gasteiger partial charge in [0.05, 0.1) is 4.92 Å². The molecule has 140 valence electrons. The second kappa shape index (κ2) is 7.12. The Labute approximate surface area is 156 Å². The molecule has 1 aromatic heterocycles. The number of H-pyrrole nitrogens is 1. The van der Waals surface area contributed by atoms with E-state index in [-0.39, 0.29) is 28.5 Å². The number of aromatic nitrogens is 1. The summed E-state index contributed by atoms with van der Waals surface area (Å²) >= 11 is 0. The van der Waals surface area contributed by atoms with E-state index in [1.165, 1.54) is 12.1 Å². The van der Waals surface area contributed by atoms with Gasteiger partial charge in [0.25, 0.3) is 5.69 Å². The van der Waals surface area contributed by atoms with E-state index in [9.17, 15) is 14.5 Å². The van der Waals surface area contributed by atoms with Crippen LogP contribution in [0.15, 0.2) is 42.5 Å². The maximum Gasteiger partial charge on any atom is 0.270 e. The summed E-state index contributed by atoms with van der Waals surface area (Å²) in [6.07, 6.45) is 3.54. The Bertz CT molecular complexity index is 998. The molecule has 0 spiro atoms. The van der Waals surface area contributed by atoms with Crippen molar-refractivity contribution in [2.75, 3.05) is 0 Å². The molecule has 1 aliphatic carbocycles. The first-order chi connectivity index (χ1) is 13.0. The third-order valence-corrected chi connectivity index (χ3v) is 5.37. The van der Waals surface area contributed by atoms with E-state index < -0.39 is 0 Å². The molecular formula is C21H22FN3O2. The first-order valence-corrected chi connectivity index (χ1v) is 9.31. The van der Waals surface area contributed by atoms with Crippen molar-refractivity contribution < 1.29 is 9.31 Å². The Morgan fingerprint density at radius 3 is 2.93 bits per heavy atom. The number of non-ortho nitro benzene ring substituents is 1. The zero-order valence-electron chi connectivity index (χ0n) is 15.2. The molecule has 0 bridgehead atoms. The van der Waals surface area contributed by atoms with Crippen LogP contribution in [0.3, 0.4) is 0 Å². The minimum absolute atomic E-state index is 0.110. The molecule has 0 amide bonds. The SMILES string of the molecule is CC(Cc1ccccc1F)NC1CCCc2c1[nH]c1ccc([N+](=O)[O-])cc21. The van der Waals surface area contributed by atoms with E-state index in [2.05, 4.69) is 17.2 Å². The highest BCUT2D eigenvalue weighted by Gasteiger charge is 2.26. The quantitative estimate of drug-likeness (QED) is 0.502. The van der Waals surface area contributed by atoms with Gasteiger partial charge in [-0.1, -0.05) is 18.2 Å². The molecule has 27 heavy (non-hydrogen) atoms. The summed E-state index contributed by atoms with van der Waals surface area (Å²) in [5.41, 5.74) is 4.03. The number of fused-ring (bicyclic) bond motifs is 3. The summed E-state index contributed by atoms with van der Waals surface area (Å²) in [6.45, 7) is 2.06. The number of hydrogen-bond acceptors (Lipinski definition) is 3. The van der Waals surface area contributed by atoms with Crippen molar-refractivity contribution in [1.29, 1.82) is 0 Å². The van der Waals surface area contributed by atoms with Gasteiger partial charge in [0.1, 0.15) is 5.82 Å². The Hall–Kier alpha value is -2.73. The van der Waals surface area contributed by atoms with Crippen molar-refractivity contribution in [2.45, 2.75) is 44.7 Å². The topological polar surface area (TPSA) is 71.0 Å². The molecule has 0 saturated carbocycles. The number of nitro groups is 1. The molecule has 2 aromatic carbocycles. The third kappa shape index (κ3) is 3.45. The fourth-order valence-corrected chi connectivity index (χ4v) is 4.13. The van der Waals surface area contributed by atoms with E-state index in [0.29, 0.717) is 12.0 Å². The molecule has 4 rings (SSSR count). The Morgan fingerprint density at radius 2 is 2.15 bits per heavy atom. The number of halogens is 1. The molecule has 0 aliphatic heterocycles. The molecule has 0 fully saturated rings. The van der Waals surface area contributed by atoms with Crippen molar-refractivity contribution in [3.8, 4) is 0 Å². The van der Waals surface area contributed by atoms with E-state index in [1.54, 1.807) is 18.2 Å². The van der Waals surface area contributed by atoms with Gasteiger partial charge in [0.2, 0.25) is 0 Å². The number of aryl methyl sites for hydroxylation is 1. The normalized spacial score (nSPS) is 17.6. The van der Waals surface area contributed by atoms with Crippen LogP contribution in [0, 0.1) is 15.9 Å². The smallest absolute Gasteiger partial charge is 0.270 e. The zero-order chi connectivity index (χ0) is 19.0. The van der Waals surface area contributed by atoms with Crippen molar-refractivity contribution >= 4 is 16.6 Å². The largest absolute Gasteiger partial charge is 0.357 e. The number of nitrogens with zero attached hydrogens (tertiary/aromatic N) is 1. The number of rotatable bonds is 5. The Balaban J connectivity index is 1.58. The second-order valence-corrected chi connectivity index (χ2v) is 7.31. The molecule has 1 aliphatic rings. The van der Waals surface area contributed by atoms with Crippen LogP contribution in [0.5, 0.6) is 0 Å². The summed E-state index contributed by atoms with van der Waals surface area (Å²) in [7, 11) is 0. The lowest BCUT2D eigenvalue weighted by molar-refractivity contribution is -0.384. The molecule has 0 radical (unpaired) electrons. The fraction of sp³-hybridized carbons (Fsp3) is 0.333. The van der Waals surface area contributed by atoms with Crippen LogP contribution < -0.4 is 5.32 Å². The molecule has 2 N–H and O–H groups in total. The summed E-state index contributed by atoms with van der Waals surface area (Å²) in [6, 6.07) is 12.1. The summed E-state index contributed by atoms with van der Waals surface area (Å²) in [5.74, 6) is -0.173. The predicted molar refractivity (Wildman–Crippen MR) is 103 cm³/mol. The first kappa shape index (κ1) is 17.7. The zero-order valence-corrected chi connectivity index (χ0v) is 15.2. The average molecular weight is 367 g/mol. The first-order valence-electron chi connectivity index (χ1n) is 9.31. The van der Waals surface area contributed by atoms with Crippen LogP contribution in [0.25, 0.3) is 10.9 Å². The molecule has 2 unspecified atom stereocenters. The minimum atomic E-state index is -0.353. The van der Waals surface area contributed by atoms with Crippen LogP contribution in [-0.2, 0) is 12.8 Å². The highest BCUT2D eigenvalue weighted by molar-refractivity contribution is 5.87. The number of nitrogens with one attached hydrogen (secondary N) is 2. The lowest BCUT2D eigenvalue weighted by Crippen LogP contribution is -2.34. The lowest BCUT2D eigenvalue weighted by atomic mass is 9.91. The van der Waals surface area contributed by atoms with Crippen LogP contribution in [0.1, 0.15) is 42.6 Å². The third-order valence-electron chi connectivity index (χ3n) is 5.37.